The van der Waals surface area contributed by atoms with Crippen molar-refractivity contribution in [3.63, 3.8) is 0 Å². The molecule has 0 saturated carbocycles. The highest BCUT2D eigenvalue weighted by Crippen LogP contribution is 2.41. The number of hydrogen-bond acceptors (Lipinski definition) is 5. The van der Waals surface area contributed by atoms with E-state index in [4.69, 9.17) is 47.6 Å². The van der Waals surface area contributed by atoms with Gasteiger partial charge in [-0.3, -0.25) is 0 Å². The second-order valence-electron chi connectivity index (χ2n) is 7.17. The van der Waals surface area contributed by atoms with Crippen LogP contribution in [0.15, 0.2) is 66.7 Å². The van der Waals surface area contributed by atoms with Crippen molar-refractivity contribution in [2.45, 2.75) is 0 Å². The Bertz CT molecular complexity index is 1340. The summed E-state index contributed by atoms with van der Waals surface area (Å²) < 4.78 is 18.4. The minimum absolute atomic E-state index is 0.344. The van der Waals surface area contributed by atoms with Crippen LogP contribution < -0.4 is 14.2 Å². The molecule has 0 aliphatic carbocycles. The van der Waals surface area contributed by atoms with E-state index in [0.717, 1.165) is 11.3 Å². The smallest absolute Gasteiger partial charge is 0.341 e. The molecule has 3 aromatic carbocycles. The number of benzene rings is 3. The minimum atomic E-state index is -1.09. The number of hydrogen-bond donors (Lipinski definition) is 1. The number of carbonyl (C=O) groups is 1. The average Bonchev–Trinajstić information content (AvgIpc) is 3.28. The topological polar surface area (TPSA) is 82.8 Å². The van der Waals surface area contributed by atoms with E-state index in [2.05, 4.69) is 0 Å². The van der Waals surface area contributed by atoms with E-state index in [-0.39, 0.29) is 0 Å². The number of methoxy groups -OCH3 is 2. The summed E-state index contributed by atoms with van der Waals surface area (Å²) in [6.07, 6.45) is 0. The molecule has 0 radical (unpaired) electrons. The van der Waals surface area contributed by atoms with Crippen LogP contribution >= 0.6 is 23.2 Å². The van der Waals surface area contributed by atoms with Gasteiger partial charge in [0.05, 0.1) is 31.3 Å². The Morgan fingerprint density at radius 2 is 1.65 bits per heavy atom. The fraction of sp³-hybridized carbons (Fsp3) is 0.120. The fourth-order valence-electron chi connectivity index (χ4n) is 3.54. The molecule has 4 rings (SSSR count). The van der Waals surface area contributed by atoms with E-state index in [0.29, 0.717) is 44.2 Å². The van der Waals surface area contributed by atoms with E-state index in [1.54, 1.807) is 55.3 Å². The normalized spacial score (nSPS) is 10.7. The first kappa shape index (κ1) is 23.5. The maximum absolute atomic E-state index is 11.1. The quantitative estimate of drug-likeness (QED) is 0.321. The standard InChI is InChI=1S/C25H20Cl2N2O5/c1-32-23-5-3-4-18(25(23)33-2)21-13-20(28-29(21)17-9-6-15(26)7-10-17)19-12-16(27)8-11-22(19)34-14-24(30)31/h3-13H,14H2,1-2H3,(H,30,31). The summed E-state index contributed by atoms with van der Waals surface area (Å²) in [6.45, 7) is -0.497. The lowest BCUT2D eigenvalue weighted by Gasteiger charge is -2.14. The largest absolute Gasteiger partial charge is 0.493 e. The zero-order valence-corrected chi connectivity index (χ0v) is 19.8. The first-order valence-corrected chi connectivity index (χ1v) is 10.9. The Morgan fingerprint density at radius 3 is 2.32 bits per heavy atom. The van der Waals surface area contributed by atoms with Gasteiger partial charge in [-0.05, 0) is 60.7 Å². The maximum atomic E-state index is 11.1. The second-order valence-corrected chi connectivity index (χ2v) is 8.04. The SMILES string of the molecule is COc1cccc(-c2cc(-c3cc(Cl)ccc3OCC(=O)O)nn2-c2ccc(Cl)cc2)c1OC. The molecule has 0 aliphatic heterocycles. The first-order valence-electron chi connectivity index (χ1n) is 10.1. The molecule has 0 amide bonds. The zero-order valence-electron chi connectivity index (χ0n) is 18.3. The molecule has 0 atom stereocenters. The van der Waals surface area contributed by atoms with Crippen molar-refractivity contribution in [2.24, 2.45) is 0 Å². The minimum Gasteiger partial charge on any atom is -0.493 e. The lowest BCUT2D eigenvalue weighted by Crippen LogP contribution is -2.10. The molecule has 7 nitrogen and oxygen atoms in total. The summed E-state index contributed by atoms with van der Waals surface area (Å²) in [5, 5.41) is 14.9. The highest BCUT2D eigenvalue weighted by atomic mass is 35.5. The number of carboxylic acids is 1. The number of carboxylic acid groups (broad SMARTS) is 1. The summed E-state index contributed by atoms with van der Waals surface area (Å²) in [4.78, 5) is 11.1. The number of ether oxygens (including phenoxy) is 3. The molecule has 0 fully saturated rings. The molecule has 0 spiro atoms. The van der Waals surface area contributed by atoms with Crippen LogP contribution in [0, 0.1) is 0 Å². The van der Waals surface area contributed by atoms with Gasteiger partial charge in [-0.1, -0.05) is 29.3 Å². The Labute approximate surface area is 206 Å². The van der Waals surface area contributed by atoms with Crippen LogP contribution in [0.5, 0.6) is 17.2 Å². The van der Waals surface area contributed by atoms with Crippen molar-refractivity contribution in [1.29, 1.82) is 0 Å². The molecule has 1 heterocycles. The van der Waals surface area contributed by atoms with Gasteiger partial charge in [-0.15, -0.1) is 0 Å². The highest BCUT2D eigenvalue weighted by Gasteiger charge is 2.21. The molecule has 174 valence electrons. The monoisotopic (exact) mass is 498 g/mol. The van der Waals surface area contributed by atoms with Gasteiger partial charge in [0, 0.05) is 21.2 Å². The molecule has 0 bridgehead atoms. The number of para-hydroxylation sites is 1. The number of aromatic nitrogens is 2. The van der Waals surface area contributed by atoms with E-state index < -0.39 is 12.6 Å². The van der Waals surface area contributed by atoms with Crippen LogP contribution in [-0.2, 0) is 4.79 Å². The van der Waals surface area contributed by atoms with Crippen LogP contribution in [0.4, 0.5) is 0 Å². The molecule has 9 heteroatoms. The maximum Gasteiger partial charge on any atom is 0.341 e. The fourth-order valence-corrected chi connectivity index (χ4v) is 3.84. The molecule has 0 saturated heterocycles. The van der Waals surface area contributed by atoms with Crippen molar-refractivity contribution < 1.29 is 24.1 Å². The molecular weight excluding hydrogens is 479 g/mol. The van der Waals surface area contributed by atoms with Gasteiger partial charge in [0.1, 0.15) is 5.75 Å². The van der Waals surface area contributed by atoms with Crippen LogP contribution in [0.1, 0.15) is 0 Å². The second kappa shape index (κ2) is 10.1. The Morgan fingerprint density at radius 1 is 0.912 bits per heavy atom. The lowest BCUT2D eigenvalue weighted by atomic mass is 10.1. The van der Waals surface area contributed by atoms with Crippen molar-refractivity contribution in [1.82, 2.24) is 9.78 Å². The molecule has 0 aliphatic rings. The van der Waals surface area contributed by atoms with Gasteiger partial charge in [0.2, 0.25) is 0 Å². The number of halogens is 2. The summed E-state index contributed by atoms with van der Waals surface area (Å²) in [5.41, 5.74) is 3.27. The highest BCUT2D eigenvalue weighted by molar-refractivity contribution is 6.31. The number of aliphatic carboxylic acids is 1. The predicted molar refractivity (Wildman–Crippen MR) is 131 cm³/mol. The van der Waals surface area contributed by atoms with Crippen molar-refractivity contribution in [3.8, 4) is 45.5 Å². The van der Waals surface area contributed by atoms with Gasteiger partial charge in [-0.25, -0.2) is 9.48 Å². The Balaban J connectivity index is 1.95. The van der Waals surface area contributed by atoms with Crippen molar-refractivity contribution in [2.75, 3.05) is 20.8 Å². The third-order valence-corrected chi connectivity index (χ3v) is 5.52. The van der Waals surface area contributed by atoms with Crippen molar-refractivity contribution >= 4 is 29.2 Å². The van der Waals surface area contributed by atoms with Gasteiger partial charge < -0.3 is 19.3 Å². The van der Waals surface area contributed by atoms with E-state index in [9.17, 15) is 4.79 Å². The third-order valence-electron chi connectivity index (χ3n) is 5.03. The van der Waals surface area contributed by atoms with Crippen LogP contribution in [-0.4, -0.2) is 41.7 Å². The summed E-state index contributed by atoms with van der Waals surface area (Å²) in [7, 11) is 3.14. The molecule has 1 aromatic heterocycles. The number of nitrogens with zero attached hydrogens (tertiary/aromatic N) is 2. The average molecular weight is 499 g/mol. The van der Waals surface area contributed by atoms with Crippen molar-refractivity contribution in [3.05, 3.63) is 76.8 Å². The van der Waals surface area contributed by atoms with Gasteiger partial charge in [-0.2, -0.15) is 5.10 Å². The van der Waals surface area contributed by atoms with Gasteiger partial charge >= 0.3 is 5.97 Å². The molecule has 0 unspecified atom stereocenters. The molecule has 1 N–H and O–H groups in total. The van der Waals surface area contributed by atoms with E-state index in [1.807, 2.05) is 30.3 Å². The molecule has 4 aromatic rings. The van der Waals surface area contributed by atoms with E-state index >= 15 is 0 Å². The van der Waals surface area contributed by atoms with E-state index in [1.165, 1.54) is 0 Å². The summed E-state index contributed by atoms with van der Waals surface area (Å²) in [6, 6.07) is 19.6. The lowest BCUT2D eigenvalue weighted by molar-refractivity contribution is -0.139. The van der Waals surface area contributed by atoms with Gasteiger partial charge in [0.25, 0.3) is 0 Å². The Hall–Kier alpha value is -3.68. The van der Waals surface area contributed by atoms with Gasteiger partial charge in [0.15, 0.2) is 18.1 Å². The van der Waals surface area contributed by atoms with Crippen LogP contribution in [0.25, 0.3) is 28.2 Å². The molecule has 34 heavy (non-hydrogen) atoms. The summed E-state index contributed by atoms with van der Waals surface area (Å²) >= 11 is 12.4. The first-order chi connectivity index (χ1) is 16.4. The summed E-state index contributed by atoms with van der Waals surface area (Å²) in [5.74, 6) is 0.366. The third kappa shape index (κ3) is 4.81. The van der Waals surface area contributed by atoms with Crippen LogP contribution in [0.2, 0.25) is 10.0 Å². The Kier molecular flexibility index (Phi) is 6.95. The molecular formula is C25H20Cl2N2O5. The zero-order chi connectivity index (χ0) is 24.2. The van der Waals surface area contributed by atoms with Crippen LogP contribution in [0.3, 0.4) is 0 Å². The number of rotatable bonds is 8. The predicted octanol–water partition coefficient (Wildman–Crippen LogP) is 5.99.